The lowest BCUT2D eigenvalue weighted by molar-refractivity contribution is 0.287. The summed E-state index contributed by atoms with van der Waals surface area (Å²) in [6.07, 6.45) is 1.97. The molecular weight excluding hydrogens is 364 g/mol. The Bertz CT molecular complexity index is 690. The minimum absolute atomic E-state index is 0. The van der Waals surface area contributed by atoms with E-state index in [0.29, 0.717) is 37.8 Å². The van der Waals surface area contributed by atoms with Crippen LogP contribution in [0.3, 0.4) is 0 Å². The Labute approximate surface area is 156 Å². The molecule has 0 aromatic heterocycles. The Morgan fingerprint density at radius 2 is 1.88 bits per heavy atom. The fourth-order valence-corrected chi connectivity index (χ4v) is 5.15. The highest BCUT2D eigenvalue weighted by Gasteiger charge is 2.44. The topological polar surface area (TPSA) is 67.9 Å². The van der Waals surface area contributed by atoms with Gasteiger partial charge in [0, 0.05) is 25.7 Å². The molecule has 0 amide bonds. The van der Waals surface area contributed by atoms with Crippen LogP contribution in [0.5, 0.6) is 11.5 Å². The van der Waals surface area contributed by atoms with Gasteiger partial charge in [0.2, 0.25) is 10.0 Å². The Morgan fingerprint density at radius 3 is 2.52 bits per heavy atom. The van der Waals surface area contributed by atoms with Gasteiger partial charge in [-0.05, 0) is 50.8 Å². The van der Waals surface area contributed by atoms with Gasteiger partial charge in [0.15, 0.2) is 11.5 Å². The number of hydrogen-bond acceptors (Lipinski definition) is 5. The fraction of sp³-hybridized carbons (Fsp3) is 0.647. The first-order valence-corrected chi connectivity index (χ1v) is 10.1. The molecule has 2 aliphatic heterocycles. The quantitative estimate of drug-likeness (QED) is 0.807. The first kappa shape index (κ1) is 20.3. The minimum atomic E-state index is -3.50. The van der Waals surface area contributed by atoms with E-state index in [1.165, 1.54) is 0 Å². The van der Waals surface area contributed by atoms with Crippen molar-refractivity contribution >= 4 is 22.4 Å². The standard InChI is InChI=1S/C17H26N2O4S.ClH/c1-3-22-15-6-5-14(11-16(15)23-4-2)24(20,21)19-10-8-17(13-19)7-9-18-12-17;/h5-6,11,18H,3-4,7-10,12-13H2,1-2H3;1H. The molecule has 1 aromatic rings. The van der Waals surface area contributed by atoms with Crippen LogP contribution in [-0.2, 0) is 10.0 Å². The molecule has 8 heteroatoms. The Morgan fingerprint density at radius 1 is 1.16 bits per heavy atom. The fourth-order valence-electron chi connectivity index (χ4n) is 3.58. The number of rotatable bonds is 6. The second kappa shape index (κ2) is 8.12. The maximum absolute atomic E-state index is 13.0. The van der Waals surface area contributed by atoms with Gasteiger partial charge in [-0.15, -0.1) is 12.4 Å². The SMILES string of the molecule is CCOc1ccc(S(=O)(=O)N2CCC3(CCNC3)C2)cc1OCC.Cl. The monoisotopic (exact) mass is 390 g/mol. The van der Waals surface area contributed by atoms with Crippen LogP contribution in [0.25, 0.3) is 0 Å². The van der Waals surface area contributed by atoms with Gasteiger partial charge < -0.3 is 14.8 Å². The third kappa shape index (κ3) is 4.05. The van der Waals surface area contributed by atoms with Crippen molar-refractivity contribution in [1.29, 1.82) is 0 Å². The normalized spacial score (nSPS) is 23.6. The molecule has 0 aliphatic carbocycles. The van der Waals surface area contributed by atoms with E-state index in [0.717, 1.165) is 25.9 Å². The maximum Gasteiger partial charge on any atom is 0.243 e. The predicted octanol–water partition coefficient (Wildman–Crippen LogP) is 2.28. The van der Waals surface area contributed by atoms with E-state index >= 15 is 0 Å². The maximum atomic E-state index is 13.0. The Balaban J connectivity index is 0.00000225. The number of nitrogens with one attached hydrogen (secondary N) is 1. The van der Waals surface area contributed by atoms with Crippen LogP contribution in [0.1, 0.15) is 26.7 Å². The van der Waals surface area contributed by atoms with Gasteiger partial charge in [-0.3, -0.25) is 0 Å². The van der Waals surface area contributed by atoms with E-state index < -0.39 is 10.0 Å². The van der Waals surface area contributed by atoms with E-state index in [1.807, 2.05) is 13.8 Å². The highest BCUT2D eigenvalue weighted by molar-refractivity contribution is 7.89. The van der Waals surface area contributed by atoms with Crippen molar-refractivity contribution in [2.45, 2.75) is 31.6 Å². The smallest absolute Gasteiger partial charge is 0.243 e. The van der Waals surface area contributed by atoms with Crippen LogP contribution >= 0.6 is 12.4 Å². The zero-order valence-corrected chi connectivity index (χ0v) is 16.4. The molecule has 1 atom stereocenters. The minimum Gasteiger partial charge on any atom is -0.490 e. The van der Waals surface area contributed by atoms with Crippen LogP contribution in [0.15, 0.2) is 23.1 Å². The molecular formula is C17H27ClN2O4S. The van der Waals surface area contributed by atoms with Crippen molar-refractivity contribution in [2.75, 3.05) is 39.4 Å². The first-order chi connectivity index (χ1) is 11.5. The summed E-state index contributed by atoms with van der Waals surface area (Å²) in [6, 6.07) is 4.88. The molecule has 25 heavy (non-hydrogen) atoms. The number of hydrogen-bond donors (Lipinski definition) is 1. The molecule has 2 fully saturated rings. The largest absolute Gasteiger partial charge is 0.490 e. The summed E-state index contributed by atoms with van der Waals surface area (Å²) >= 11 is 0. The van der Waals surface area contributed by atoms with Crippen LogP contribution in [0.4, 0.5) is 0 Å². The molecule has 1 unspecified atom stereocenters. The van der Waals surface area contributed by atoms with Crippen LogP contribution in [-0.4, -0.2) is 52.1 Å². The zero-order valence-electron chi connectivity index (χ0n) is 14.8. The molecule has 2 heterocycles. The summed E-state index contributed by atoms with van der Waals surface area (Å²) in [6.45, 7) is 7.79. The number of ether oxygens (including phenoxy) is 2. The van der Waals surface area contributed by atoms with Gasteiger partial charge in [-0.2, -0.15) is 4.31 Å². The van der Waals surface area contributed by atoms with E-state index in [1.54, 1.807) is 22.5 Å². The van der Waals surface area contributed by atoms with Gasteiger partial charge in [-0.1, -0.05) is 0 Å². The summed E-state index contributed by atoms with van der Waals surface area (Å²) in [7, 11) is -3.50. The lowest BCUT2D eigenvalue weighted by Crippen LogP contribution is -2.33. The average Bonchev–Trinajstić information content (AvgIpc) is 3.20. The second-order valence-electron chi connectivity index (χ2n) is 6.49. The molecule has 3 rings (SSSR count). The Hall–Kier alpha value is -1.02. The summed E-state index contributed by atoms with van der Waals surface area (Å²) < 4.78 is 38.7. The molecule has 0 saturated carbocycles. The highest BCUT2D eigenvalue weighted by Crippen LogP contribution is 2.39. The summed E-state index contributed by atoms with van der Waals surface area (Å²) in [4.78, 5) is 0.275. The molecule has 0 radical (unpaired) electrons. The van der Waals surface area contributed by atoms with Crippen LogP contribution < -0.4 is 14.8 Å². The van der Waals surface area contributed by atoms with Crippen LogP contribution in [0, 0.1) is 5.41 Å². The van der Waals surface area contributed by atoms with Crippen LogP contribution in [0.2, 0.25) is 0 Å². The van der Waals surface area contributed by atoms with Crippen molar-refractivity contribution in [3.8, 4) is 11.5 Å². The number of halogens is 1. The molecule has 2 aliphatic rings. The summed E-state index contributed by atoms with van der Waals surface area (Å²) in [5, 5.41) is 3.36. The molecule has 1 N–H and O–H groups in total. The van der Waals surface area contributed by atoms with E-state index in [-0.39, 0.29) is 22.7 Å². The van der Waals surface area contributed by atoms with Gasteiger partial charge in [0.1, 0.15) is 0 Å². The molecule has 1 aromatic carbocycles. The molecule has 0 bridgehead atoms. The van der Waals surface area contributed by atoms with Crippen molar-refractivity contribution in [3.05, 3.63) is 18.2 Å². The van der Waals surface area contributed by atoms with E-state index in [4.69, 9.17) is 9.47 Å². The highest BCUT2D eigenvalue weighted by atomic mass is 35.5. The zero-order chi connectivity index (χ0) is 17.2. The van der Waals surface area contributed by atoms with Gasteiger partial charge in [-0.25, -0.2) is 8.42 Å². The lowest BCUT2D eigenvalue weighted by Gasteiger charge is -2.23. The van der Waals surface area contributed by atoms with Crippen molar-refractivity contribution in [1.82, 2.24) is 9.62 Å². The van der Waals surface area contributed by atoms with Gasteiger partial charge in [0.25, 0.3) is 0 Å². The Kier molecular flexibility index (Phi) is 6.59. The van der Waals surface area contributed by atoms with Gasteiger partial charge in [0.05, 0.1) is 18.1 Å². The molecule has 2 saturated heterocycles. The van der Waals surface area contributed by atoms with Gasteiger partial charge >= 0.3 is 0 Å². The molecule has 142 valence electrons. The van der Waals surface area contributed by atoms with Crippen molar-refractivity contribution in [3.63, 3.8) is 0 Å². The third-order valence-electron chi connectivity index (χ3n) is 4.89. The van der Waals surface area contributed by atoms with Crippen molar-refractivity contribution < 1.29 is 17.9 Å². The van der Waals surface area contributed by atoms with E-state index in [2.05, 4.69) is 5.32 Å². The summed E-state index contributed by atoms with van der Waals surface area (Å²) in [5.74, 6) is 1.06. The van der Waals surface area contributed by atoms with E-state index in [9.17, 15) is 8.42 Å². The lowest BCUT2D eigenvalue weighted by atomic mass is 9.87. The first-order valence-electron chi connectivity index (χ1n) is 8.61. The summed E-state index contributed by atoms with van der Waals surface area (Å²) in [5.41, 5.74) is 0.112. The van der Waals surface area contributed by atoms with Crippen molar-refractivity contribution in [2.24, 2.45) is 5.41 Å². The number of nitrogens with zero attached hydrogens (tertiary/aromatic N) is 1. The number of benzene rings is 1. The third-order valence-corrected chi connectivity index (χ3v) is 6.73. The predicted molar refractivity (Wildman–Crippen MR) is 99.3 cm³/mol. The average molecular weight is 391 g/mol. The second-order valence-corrected chi connectivity index (χ2v) is 8.43. The molecule has 1 spiro atoms. The number of sulfonamides is 1. The molecule has 6 nitrogen and oxygen atoms in total.